The number of benzene rings is 3. The molecule has 0 saturated heterocycles. The van der Waals surface area contributed by atoms with E-state index in [0.717, 1.165) is 16.3 Å². The zero-order chi connectivity index (χ0) is 27.7. The summed E-state index contributed by atoms with van der Waals surface area (Å²) in [6.45, 7) is 5.53. The molecule has 202 valence electrons. The quantitative estimate of drug-likeness (QED) is 0.363. The van der Waals surface area contributed by atoms with Crippen LogP contribution in [0.4, 0.5) is 10.1 Å². The second-order valence-corrected chi connectivity index (χ2v) is 10.9. The highest BCUT2D eigenvalue weighted by atomic mass is 32.2. The van der Waals surface area contributed by atoms with Gasteiger partial charge in [0.05, 0.1) is 10.6 Å². The van der Waals surface area contributed by atoms with E-state index in [2.05, 4.69) is 5.32 Å². The molecule has 0 aromatic heterocycles. The van der Waals surface area contributed by atoms with Crippen LogP contribution < -0.4 is 9.62 Å². The first kappa shape index (κ1) is 28.8. The van der Waals surface area contributed by atoms with E-state index in [1.165, 1.54) is 29.2 Å². The number of halogens is 1. The molecule has 1 atom stereocenters. The predicted molar refractivity (Wildman–Crippen MR) is 146 cm³/mol. The van der Waals surface area contributed by atoms with E-state index in [0.29, 0.717) is 24.2 Å². The van der Waals surface area contributed by atoms with Crippen LogP contribution >= 0.6 is 0 Å². The summed E-state index contributed by atoms with van der Waals surface area (Å²) in [5.74, 6) is -1.29. The summed E-state index contributed by atoms with van der Waals surface area (Å²) in [4.78, 5) is 28.3. The SMILES string of the molecule is CCCNC(=O)C(CC)N(Cc1ccc(F)cc1)C(=O)CN(c1ccccc1)S(=O)(=O)c1ccc(C)cc1. The molecule has 0 aliphatic rings. The number of hydrogen-bond acceptors (Lipinski definition) is 4. The number of nitrogens with zero attached hydrogens (tertiary/aromatic N) is 2. The first-order chi connectivity index (χ1) is 18.2. The van der Waals surface area contributed by atoms with Gasteiger partial charge in [0.25, 0.3) is 10.0 Å². The van der Waals surface area contributed by atoms with Crippen LogP contribution in [0.2, 0.25) is 0 Å². The smallest absolute Gasteiger partial charge is 0.264 e. The molecule has 0 spiro atoms. The van der Waals surface area contributed by atoms with Gasteiger partial charge in [-0.1, -0.05) is 61.9 Å². The highest BCUT2D eigenvalue weighted by molar-refractivity contribution is 7.92. The Morgan fingerprint density at radius 2 is 1.55 bits per heavy atom. The maximum atomic E-state index is 13.9. The van der Waals surface area contributed by atoms with Crippen molar-refractivity contribution in [3.05, 3.63) is 95.8 Å². The molecule has 7 nitrogen and oxygen atoms in total. The lowest BCUT2D eigenvalue weighted by Gasteiger charge is -2.33. The van der Waals surface area contributed by atoms with Gasteiger partial charge in [0.15, 0.2) is 0 Å². The van der Waals surface area contributed by atoms with Crippen molar-refractivity contribution in [1.82, 2.24) is 10.2 Å². The molecular formula is C29H34FN3O4S. The van der Waals surface area contributed by atoms with Gasteiger partial charge in [0.2, 0.25) is 11.8 Å². The molecular weight excluding hydrogens is 505 g/mol. The fourth-order valence-corrected chi connectivity index (χ4v) is 5.45. The Balaban J connectivity index is 2.01. The minimum atomic E-state index is -4.11. The minimum absolute atomic E-state index is 0.0182. The second kappa shape index (κ2) is 13.2. The Kier molecular flexibility index (Phi) is 10.0. The van der Waals surface area contributed by atoms with Crippen molar-refractivity contribution in [1.29, 1.82) is 0 Å². The van der Waals surface area contributed by atoms with Crippen LogP contribution in [-0.2, 0) is 26.2 Å². The van der Waals surface area contributed by atoms with Gasteiger partial charge in [-0.3, -0.25) is 13.9 Å². The third-order valence-corrected chi connectivity index (χ3v) is 7.92. The lowest BCUT2D eigenvalue weighted by atomic mass is 10.1. The molecule has 0 radical (unpaired) electrons. The van der Waals surface area contributed by atoms with Gasteiger partial charge >= 0.3 is 0 Å². The molecule has 3 aromatic rings. The second-order valence-electron chi connectivity index (χ2n) is 9.02. The fraction of sp³-hybridized carbons (Fsp3) is 0.310. The molecule has 0 aliphatic carbocycles. The van der Waals surface area contributed by atoms with Gasteiger partial charge in [-0.25, -0.2) is 12.8 Å². The van der Waals surface area contributed by atoms with Crippen LogP contribution in [0.5, 0.6) is 0 Å². The van der Waals surface area contributed by atoms with Crippen molar-refractivity contribution >= 4 is 27.5 Å². The molecule has 38 heavy (non-hydrogen) atoms. The Hall–Kier alpha value is -3.72. The number of amides is 2. The van der Waals surface area contributed by atoms with Crippen molar-refractivity contribution in [2.24, 2.45) is 0 Å². The zero-order valence-electron chi connectivity index (χ0n) is 21.9. The molecule has 0 saturated carbocycles. The molecule has 1 unspecified atom stereocenters. The van der Waals surface area contributed by atoms with E-state index in [9.17, 15) is 22.4 Å². The molecule has 0 bridgehead atoms. The average Bonchev–Trinajstić information content (AvgIpc) is 2.92. The molecule has 3 aromatic carbocycles. The van der Waals surface area contributed by atoms with E-state index in [1.54, 1.807) is 61.5 Å². The molecule has 1 N–H and O–H groups in total. The molecule has 2 amide bonds. The standard InChI is InChI=1S/C29H34FN3O4S/c1-4-19-31-29(35)27(5-2)32(20-23-13-15-24(30)16-14-23)28(34)21-33(25-9-7-6-8-10-25)38(36,37)26-17-11-22(3)12-18-26/h6-18,27H,4-5,19-21H2,1-3H3,(H,31,35). The van der Waals surface area contributed by atoms with E-state index < -0.39 is 34.3 Å². The Morgan fingerprint density at radius 1 is 0.921 bits per heavy atom. The largest absolute Gasteiger partial charge is 0.354 e. The molecule has 3 rings (SSSR count). The van der Waals surface area contributed by atoms with Crippen molar-refractivity contribution in [3.8, 4) is 0 Å². The van der Waals surface area contributed by atoms with Crippen LogP contribution in [0.3, 0.4) is 0 Å². The van der Waals surface area contributed by atoms with Crippen molar-refractivity contribution in [2.75, 3.05) is 17.4 Å². The van der Waals surface area contributed by atoms with Crippen LogP contribution in [0.25, 0.3) is 0 Å². The average molecular weight is 540 g/mol. The van der Waals surface area contributed by atoms with Gasteiger partial charge in [0, 0.05) is 13.1 Å². The molecule has 0 fully saturated rings. The van der Waals surface area contributed by atoms with E-state index in [-0.39, 0.29) is 17.3 Å². The number of nitrogens with one attached hydrogen (secondary N) is 1. The van der Waals surface area contributed by atoms with E-state index in [4.69, 9.17) is 0 Å². The van der Waals surface area contributed by atoms with Gasteiger partial charge in [-0.05, 0) is 61.7 Å². The third-order valence-electron chi connectivity index (χ3n) is 6.13. The number of anilines is 1. The van der Waals surface area contributed by atoms with E-state index in [1.807, 2.05) is 13.8 Å². The highest BCUT2D eigenvalue weighted by Gasteiger charge is 2.33. The molecule has 9 heteroatoms. The van der Waals surface area contributed by atoms with Crippen molar-refractivity contribution in [2.45, 2.75) is 51.1 Å². The van der Waals surface area contributed by atoms with Crippen LogP contribution in [0.15, 0.2) is 83.8 Å². The summed E-state index contributed by atoms with van der Waals surface area (Å²) in [7, 11) is -4.11. The maximum absolute atomic E-state index is 13.9. The lowest BCUT2D eigenvalue weighted by Crippen LogP contribution is -2.52. The number of rotatable bonds is 12. The fourth-order valence-electron chi connectivity index (χ4n) is 4.03. The number of hydrogen-bond donors (Lipinski definition) is 1. The molecule has 0 heterocycles. The third kappa shape index (κ3) is 7.19. The number of carbonyl (C=O) groups excluding carboxylic acids is 2. The lowest BCUT2D eigenvalue weighted by molar-refractivity contribution is -0.140. The Bertz CT molecular complexity index is 1310. The Morgan fingerprint density at radius 3 is 2.13 bits per heavy atom. The summed E-state index contributed by atoms with van der Waals surface area (Å²) < 4.78 is 42.1. The van der Waals surface area contributed by atoms with Gasteiger partial charge in [-0.15, -0.1) is 0 Å². The Labute approximate surface area is 224 Å². The van der Waals surface area contributed by atoms with Gasteiger partial charge in [0.1, 0.15) is 18.4 Å². The van der Waals surface area contributed by atoms with Crippen LogP contribution in [0.1, 0.15) is 37.8 Å². The normalized spacial score (nSPS) is 12.0. The maximum Gasteiger partial charge on any atom is 0.264 e. The van der Waals surface area contributed by atoms with E-state index >= 15 is 0 Å². The summed E-state index contributed by atoms with van der Waals surface area (Å²) >= 11 is 0. The zero-order valence-corrected chi connectivity index (χ0v) is 22.7. The topological polar surface area (TPSA) is 86.8 Å². The molecule has 0 aliphatic heterocycles. The number of sulfonamides is 1. The van der Waals surface area contributed by atoms with Gasteiger partial charge < -0.3 is 10.2 Å². The van der Waals surface area contributed by atoms with Crippen molar-refractivity contribution < 1.29 is 22.4 Å². The number of aryl methyl sites for hydroxylation is 1. The summed E-state index contributed by atoms with van der Waals surface area (Å²) in [6, 6.07) is 19.6. The van der Waals surface area contributed by atoms with Crippen LogP contribution in [0, 0.1) is 12.7 Å². The highest BCUT2D eigenvalue weighted by Crippen LogP contribution is 2.25. The monoisotopic (exact) mass is 539 g/mol. The first-order valence-corrected chi connectivity index (χ1v) is 14.1. The predicted octanol–water partition coefficient (Wildman–Crippen LogP) is 4.66. The van der Waals surface area contributed by atoms with Crippen molar-refractivity contribution in [3.63, 3.8) is 0 Å². The summed E-state index contributed by atoms with van der Waals surface area (Å²) in [5, 5.41) is 2.84. The van der Waals surface area contributed by atoms with Crippen LogP contribution in [-0.4, -0.2) is 44.3 Å². The van der Waals surface area contributed by atoms with Gasteiger partial charge in [-0.2, -0.15) is 0 Å². The first-order valence-electron chi connectivity index (χ1n) is 12.6. The minimum Gasteiger partial charge on any atom is -0.354 e. The number of carbonyl (C=O) groups is 2. The summed E-state index contributed by atoms with van der Waals surface area (Å²) in [5.41, 5.74) is 1.85. The number of para-hydroxylation sites is 1. The summed E-state index contributed by atoms with van der Waals surface area (Å²) in [6.07, 6.45) is 1.04.